The molecule has 1 heterocycles. The predicted octanol–water partition coefficient (Wildman–Crippen LogP) is 4.11. The van der Waals surface area contributed by atoms with Crippen LogP contribution in [0, 0.1) is 11.6 Å². The SMILES string of the molecule is Fc1cccc(-c2cccc3[nH]ccc23)c1F. The molecule has 1 aromatic heterocycles. The molecule has 3 rings (SSSR count). The van der Waals surface area contributed by atoms with Gasteiger partial charge in [0.1, 0.15) is 0 Å². The number of fused-ring (bicyclic) bond motifs is 1. The summed E-state index contributed by atoms with van der Waals surface area (Å²) in [4.78, 5) is 3.05. The van der Waals surface area contributed by atoms with E-state index < -0.39 is 11.6 Å². The summed E-state index contributed by atoms with van der Waals surface area (Å²) in [5.74, 6) is -1.63. The van der Waals surface area contributed by atoms with Crippen molar-refractivity contribution in [2.24, 2.45) is 0 Å². The summed E-state index contributed by atoms with van der Waals surface area (Å²) in [5, 5.41) is 0.886. The number of benzene rings is 2. The molecule has 3 aromatic rings. The Morgan fingerprint density at radius 3 is 2.47 bits per heavy atom. The number of nitrogens with one attached hydrogen (secondary N) is 1. The average Bonchev–Trinajstić information content (AvgIpc) is 2.81. The highest BCUT2D eigenvalue weighted by Gasteiger charge is 2.12. The van der Waals surface area contributed by atoms with Gasteiger partial charge in [-0.3, -0.25) is 0 Å². The van der Waals surface area contributed by atoms with Crippen molar-refractivity contribution >= 4 is 10.9 Å². The molecule has 0 saturated heterocycles. The Bertz CT molecular complexity index is 686. The molecular formula is C14H9F2N. The molecule has 0 amide bonds. The van der Waals surface area contributed by atoms with Crippen molar-refractivity contribution in [3.05, 3.63) is 60.3 Å². The summed E-state index contributed by atoms with van der Waals surface area (Å²) >= 11 is 0. The summed E-state index contributed by atoms with van der Waals surface area (Å²) in [6.45, 7) is 0. The normalized spacial score (nSPS) is 10.9. The van der Waals surface area contributed by atoms with Crippen molar-refractivity contribution in [1.29, 1.82) is 0 Å². The van der Waals surface area contributed by atoms with Gasteiger partial charge in [0.2, 0.25) is 0 Å². The van der Waals surface area contributed by atoms with Crippen LogP contribution in [-0.2, 0) is 0 Å². The molecule has 1 nitrogen and oxygen atoms in total. The summed E-state index contributed by atoms with van der Waals surface area (Å²) in [7, 11) is 0. The fourth-order valence-corrected chi connectivity index (χ4v) is 2.03. The summed E-state index contributed by atoms with van der Waals surface area (Å²) in [6.07, 6.45) is 1.78. The lowest BCUT2D eigenvalue weighted by atomic mass is 10.0. The maximum atomic E-state index is 13.7. The molecule has 0 aliphatic carbocycles. The molecule has 0 aliphatic rings. The number of aromatic amines is 1. The molecule has 2 aromatic carbocycles. The summed E-state index contributed by atoms with van der Waals surface area (Å²) in [5.41, 5.74) is 1.89. The molecule has 0 radical (unpaired) electrons. The third kappa shape index (κ3) is 1.51. The van der Waals surface area contributed by atoms with E-state index in [0.29, 0.717) is 5.56 Å². The van der Waals surface area contributed by atoms with Crippen molar-refractivity contribution in [3.63, 3.8) is 0 Å². The van der Waals surface area contributed by atoms with Crippen LogP contribution in [0.2, 0.25) is 0 Å². The van der Waals surface area contributed by atoms with Crippen LogP contribution in [0.15, 0.2) is 48.7 Å². The first-order valence-corrected chi connectivity index (χ1v) is 5.28. The highest BCUT2D eigenvalue weighted by atomic mass is 19.2. The molecule has 0 bridgehead atoms. The van der Waals surface area contributed by atoms with E-state index in [-0.39, 0.29) is 5.56 Å². The quantitative estimate of drug-likeness (QED) is 0.646. The summed E-state index contributed by atoms with van der Waals surface area (Å²) in [6, 6.07) is 11.6. The zero-order valence-corrected chi connectivity index (χ0v) is 8.87. The van der Waals surface area contributed by atoms with Crippen LogP contribution in [0.25, 0.3) is 22.0 Å². The van der Waals surface area contributed by atoms with Crippen LogP contribution in [0.4, 0.5) is 8.78 Å². The maximum Gasteiger partial charge on any atom is 0.166 e. The largest absolute Gasteiger partial charge is 0.361 e. The van der Waals surface area contributed by atoms with Crippen molar-refractivity contribution in [2.75, 3.05) is 0 Å². The molecule has 0 atom stereocenters. The fraction of sp³-hybridized carbons (Fsp3) is 0. The van der Waals surface area contributed by atoms with Gasteiger partial charge in [0.15, 0.2) is 11.6 Å². The van der Waals surface area contributed by atoms with E-state index in [1.165, 1.54) is 6.07 Å². The van der Waals surface area contributed by atoms with Gasteiger partial charge in [0.25, 0.3) is 0 Å². The second-order valence-electron chi connectivity index (χ2n) is 3.85. The van der Waals surface area contributed by atoms with Gasteiger partial charge < -0.3 is 4.98 Å². The molecular weight excluding hydrogens is 220 g/mol. The second kappa shape index (κ2) is 3.70. The Balaban J connectivity index is 2.34. The Kier molecular flexibility index (Phi) is 2.18. The zero-order chi connectivity index (χ0) is 11.8. The number of hydrogen-bond acceptors (Lipinski definition) is 0. The molecule has 0 spiro atoms. The molecule has 0 unspecified atom stereocenters. The molecule has 1 N–H and O–H groups in total. The van der Waals surface area contributed by atoms with Crippen molar-refractivity contribution in [2.45, 2.75) is 0 Å². The molecule has 3 heteroatoms. The smallest absolute Gasteiger partial charge is 0.166 e. The van der Waals surface area contributed by atoms with E-state index in [1.54, 1.807) is 18.3 Å². The topological polar surface area (TPSA) is 15.8 Å². The highest BCUT2D eigenvalue weighted by molar-refractivity contribution is 5.95. The van der Waals surface area contributed by atoms with E-state index in [2.05, 4.69) is 4.98 Å². The van der Waals surface area contributed by atoms with Crippen LogP contribution >= 0.6 is 0 Å². The Hall–Kier alpha value is -2.16. The van der Waals surface area contributed by atoms with E-state index >= 15 is 0 Å². The number of aromatic nitrogens is 1. The molecule has 0 fully saturated rings. The van der Waals surface area contributed by atoms with Gasteiger partial charge in [0, 0.05) is 22.7 Å². The van der Waals surface area contributed by atoms with Crippen LogP contribution in [-0.4, -0.2) is 4.98 Å². The Morgan fingerprint density at radius 1 is 0.824 bits per heavy atom. The minimum Gasteiger partial charge on any atom is -0.361 e. The monoisotopic (exact) mass is 229 g/mol. The van der Waals surface area contributed by atoms with Crippen LogP contribution in [0.5, 0.6) is 0 Å². The number of rotatable bonds is 1. The first-order chi connectivity index (χ1) is 8.27. The van der Waals surface area contributed by atoms with Gasteiger partial charge in [0.05, 0.1) is 0 Å². The van der Waals surface area contributed by atoms with Crippen LogP contribution in [0.1, 0.15) is 0 Å². The van der Waals surface area contributed by atoms with Gasteiger partial charge in [-0.05, 0) is 23.8 Å². The van der Waals surface area contributed by atoms with Crippen LogP contribution < -0.4 is 0 Å². The molecule has 17 heavy (non-hydrogen) atoms. The molecule has 84 valence electrons. The zero-order valence-electron chi connectivity index (χ0n) is 8.87. The number of H-pyrrole nitrogens is 1. The lowest BCUT2D eigenvalue weighted by Crippen LogP contribution is -1.89. The first kappa shape index (κ1) is 10.0. The van der Waals surface area contributed by atoms with Gasteiger partial charge >= 0.3 is 0 Å². The van der Waals surface area contributed by atoms with Gasteiger partial charge in [-0.1, -0.05) is 24.3 Å². The Labute approximate surface area is 96.7 Å². The number of halogens is 2. The van der Waals surface area contributed by atoms with E-state index in [1.807, 2.05) is 18.2 Å². The predicted molar refractivity (Wildman–Crippen MR) is 63.7 cm³/mol. The fourth-order valence-electron chi connectivity index (χ4n) is 2.03. The third-order valence-electron chi connectivity index (χ3n) is 2.84. The van der Waals surface area contributed by atoms with Gasteiger partial charge in [-0.2, -0.15) is 0 Å². The van der Waals surface area contributed by atoms with E-state index in [9.17, 15) is 8.78 Å². The van der Waals surface area contributed by atoms with E-state index in [4.69, 9.17) is 0 Å². The lowest BCUT2D eigenvalue weighted by molar-refractivity contribution is 0.511. The second-order valence-corrected chi connectivity index (χ2v) is 3.85. The minimum absolute atomic E-state index is 0.287. The van der Waals surface area contributed by atoms with Crippen LogP contribution in [0.3, 0.4) is 0 Å². The first-order valence-electron chi connectivity index (χ1n) is 5.28. The average molecular weight is 229 g/mol. The molecule has 0 aliphatic heterocycles. The van der Waals surface area contributed by atoms with E-state index in [0.717, 1.165) is 17.0 Å². The van der Waals surface area contributed by atoms with Crippen molar-refractivity contribution in [1.82, 2.24) is 4.98 Å². The van der Waals surface area contributed by atoms with Gasteiger partial charge in [-0.15, -0.1) is 0 Å². The minimum atomic E-state index is -0.824. The van der Waals surface area contributed by atoms with Crippen molar-refractivity contribution in [3.8, 4) is 11.1 Å². The lowest BCUT2D eigenvalue weighted by Gasteiger charge is -2.05. The van der Waals surface area contributed by atoms with Crippen molar-refractivity contribution < 1.29 is 8.78 Å². The maximum absolute atomic E-state index is 13.7. The van der Waals surface area contributed by atoms with Gasteiger partial charge in [-0.25, -0.2) is 8.78 Å². The third-order valence-corrected chi connectivity index (χ3v) is 2.84. The summed E-state index contributed by atoms with van der Waals surface area (Å²) < 4.78 is 26.9. The Morgan fingerprint density at radius 2 is 1.59 bits per heavy atom. The number of hydrogen-bond donors (Lipinski definition) is 1. The standard InChI is InChI=1S/C14H9F2N/c15-12-5-1-4-11(14(12)16)9-3-2-6-13-10(9)7-8-17-13/h1-8,17H. The highest BCUT2D eigenvalue weighted by Crippen LogP contribution is 2.30. The molecule has 0 saturated carbocycles.